The van der Waals surface area contributed by atoms with E-state index in [0.29, 0.717) is 13.2 Å². The first-order valence-electron chi connectivity index (χ1n) is 2.40. The molecule has 0 rings (SSSR count). The average molecular weight is 129 g/mol. The number of hydrogen-bond donors (Lipinski definition) is 0. The summed E-state index contributed by atoms with van der Waals surface area (Å²) in [7, 11) is 4.25. The molecule has 0 amide bonds. The van der Waals surface area contributed by atoms with E-state index >= 15 is 0 Å². The van der Waals surface area contributed by atoms with Crippen molar-refractivity contribution in [3.63, 3.8) is 0 Å². The molecular formula is C7H10FO. The lowest BCUT2D eigenvalue weighted by molar-refractivity contribution is 0.194. The molecule has 0 spiro atoms. The number of hydrogen-bond acceptors (Lipinski definition) is 1. The Morgan fingerprint density at radius 3 is 1.78 bits per heavy atom. The Hall–Kier alpha value is -0.630. The van der Waals surface area contributed by atoms with Gasteiger partial charge < -0.3 is 4.74 Å². The maximum absolute atomic E-state index is 8.75. The van der Waals surface area contributed by atoms with Crippen LogP contribution < -0.4 is 0 Å². The molecule has 0 bridgehead atoms. The van der Waals surface area contributed by atoms with Crippen LogP contribution in [0.2, 0.25) is 0 Å². The topological polar surface area (TPSA) is 9.23 Å². The first kappa shape index (κ1) is 11.2. The van der Waals surface area contributed by atoms with E-state index in [9.17, 15) is 0 Å². The number of halogens is 1. The SMILES string of the molecule is C=CCOCC=C.[C]F. The molecule has 0 aromatic rings. The number of rotatable bonds is 4. The van der Waals surface area contributed by atoms with Crippen molar-refractivity contribution in [3.05, 3.63) is 32.5 Å². The molecule has 51 valence electrons. The zero-order chi connectivity index (χ0) is 7.54. The predicted molar refractivity (Wildman–Crippen MR) is 35.6 cm³/mol. The van der Waals surface area contributed by atoms with Gasteiger partial charge in [0.15, 0.2) is 0 Å². The van der Waals surface area contributed by atoms with Crippen LogP contribution in [-0.2, 0) is 4.74 Å². The maximum Gasteiger partial charge on any atom is 0.232 e. The summed E-state index contributed by atoms with van der Waals surface area (Å²) in [4.78, 5) is 0. The average Bonchev–Trinajstić information content (AvgIpc) is 1.94. The van der Waals surface area contributed by atoms with Crippen LogP contribution in [0.15, 0.2) is 25.3 Å². The Morgan fingerprint density at radius 1 is 1.22 bits per heavy atom. The summed E-state index contributed by atoms with van der Waals surface area (Å²) < 4.78 is 13.6. The third-order valence-corrected chi connectivity index (χ3v) is 0.471. The molecule has 1 nitrogen and oxygen atoms in total. The van der Waals surface area contributed by atoms with Gasteiger partial charge in [0.05, 0.1) is 13.2 Å². The van der Waals surface area contributed by atoms with Crippen molar-refractivity contribution in [1.29, 1.82) is 0 Å². The van der Waals surface area contributed by atoms with Crippen LogP contribution in [0.4, 0.5) is 4.39 Å². The fourth-order valence-corrected chi connectivity index (χ4v) is 0.235. The Balaban J connectivity index is 0. The second-order valence-electron chi connectivity index (χ2n) is 1.11. The lowest BCUT2D eigenvalue weighted by Crippen LogP contribution is -1.87. The lowest BCUT2D eigenvalue weighted by Gasteiger charge is -1.89. The van der Waals surface area contributed by atoms with E-state index in [1.165, 1.54) is 0 Å². The van der Waals surface area contributed by atoms with Crippen LogP contribution in [0.3, 0.4) is 0 Å². The first-order chi connectivity index (χ1) is 4.41. The minimum Gasteiger partial charge on any atom is -0.373 e. The molecule has 0 aliphatic rings. The van der Waals surface area contributed by atoms with Crippen LogP contribution in [-0.4, -0.2) is 13.2 Å². The normalized spacial score (nSPS) is 6.89. The molecule has 0 atom stereocenters. The monoisotopic (exact) mass is 129 g/mol. The Bertz CT molecular complexity index is 53.9. The molecule has 0 aromatic heterocycles. The van der Waals surface area contributed by atoms with Gasteiger partial charge in [0, 0.05) is 0 Å². The third-order valence-electron chi connectivity index (χ3n) is 0.471. The lowest BCUT2D eigenvalue weighted by atomic mass is 10.6. The largest absolute Gasteiger partial charge is 0.373 e. The molecule has 0 saturated heterocycles. The molecule has 0 N–H and O–H groups in total. The van der Waals surface area contributed by atoms with Crippen LogP contribution in [0.1, 0.15) is 0 Å². The van der Waals surface area contributed by atoms with Gasteiger partial charge >= 0.3 is 0 Å². The van der Waals surface area contributed by atoms with E-state index < -0.39 is 0 Å². The maximum atomic E-state index is 8.75. The Labute approximate surface area is 55.8 Å². The fourth-order valence-electron chi connectivity index (χ4n) is 0.235. The highest BCUT2D eigenvalue weighted by molar-refractivity contribution is 4.68. The van der Waals surface area contributed by atoms with Crippen molar-refractivity contribution in [2.75, 3.05) is 13.2 Å². The molecule has 0 aromatic carbocycles. The van der Waals surface area contributed by atoms with E-state index in [-0.39, 0.29) is 0 Å². The summed E-state index contributed by atoms with van der Waals surface area (Å²) in [5.74, 6) is 0. The van der Waals surface area contributed by atoms with E-state index in [1.807, 2.05) is 0 Å². The van der Waals surface area contributed by atoms with Crippen molar-refractivity contribution in [1.82, 2.24) is 0 Å². The van der Waals surface area contributed by atoms with Gasteiger partial charge in [0.2, 0.25) is 7.18 Å². The minimum absolute atomic E-state index is 0.617. The van der Waals surface area contributed by atoms with Gasteiger partial charge in [-0.1, -0.05) is 12.2 Å². The van der Waals surface area contributed by atoms with E-state index in [2.05, 4.69) is 20.3 Å². The highest BCUT2D eigenvalue weighted by atomic mass is 19.1. The zero-order valence-electron chi connectivity index (χ0n) is 5.27. The molecule has 0 unspecified atom stereocenters. The van der Waals surface area contributed by atoms with Crippen LogP contribution in [0.5, 0.6) is 0 Å². The molecule has 0 aliphatic carbocycles. The van der Waals surface area contributed by atoms with Gasteiger partial charge in [0.25, 0.3) is 0 Å². The van der Waals surface area contributed by atoms with Crippen molar-refractivity contribution in [2.45, 2.75) is 0 Å². The highest BCUT2D eigenvalue weighted by Gasteiger charge is 1.70. The Kier molecular flexibility index (Phi) is 19.5. The van der Waals surface area contributed by atoms with Crippen molar-refractivity contribution in [3.8, 4) is 0 Å². The molecular weight excluding hydrogens is 119 g/mol. The zero-order valence-corrected chi connectivity index (χ0v) is 5.27. The quantitative estimate of drug-likeness (QED) is 0.416. The van der Waals surface area contributed by atoms with Crippen molar-refractivity contribution in [2.24, 2.45) is 0 Å². The molecule has 9 heavy (non-hydrogen) atoms. The van der Waals surface area contributed by atoms with Crippen LogP contribution in [0.25, 0.3) is 0 Å². The smallest absolute Gasteiger partial charge is 0.232 e. The van der Waals surface area contributed by atoms with Crippen LogP contribution in [0, 0.1) is 7.18 Å². The predicted octanol–water partition coefficient (Wildman–Crippen LogP) is 1.88. The number of ether oxygens (including phenoxy) is 1. The fraction of sp³-hybridized carbons (Fsp3) is 0.286. The van der Waals surface area contributed by atoms with E-state index in [1.54, 1.807) is 12.2 Å². The van der Waals surface area contributed by atoms with Crippen molar-refractivity contribution >= 4 is 0 Å². The minimum atomic E-state index is 0.617. The van der Waals surface area contributed by atoms with Gasteiger partial charge in [-0.3, -0.25) is 0 Å². The second kappa shape index (κ2) is 15.7. The van der Waals surface area contributed by atoms with Crippen molar-refractivity contribution < 1.29 is 9.13 Å². The van der Waals surface area contributed by atoms with Gasteiger partial charge in [-0.2, -0.15) is 0 Å². The standard InChI is InChI=1S/C6H10O.CF/c1-3-5-7-6-4-2;1-2/h3-4H,1-2,5-6H2;. The summed E-state index contributed by atoms with van der Waals surface area (Å²) in [5, 5.41) is 0. The van der Waals surface area contributed by atoms with Crippen LogP contribution >= 0.6 is 0 Å². The Morgan fingerprint density at radius 2 is 1.56 bits per heavy atom. The summed E-state index contributed by atoms with van der Waals surface area (Å²) >= 11 is 0. The molecule has 0 fully saturated rings. The van der Waals surface area contributed by atoms with Gasteiger partial charge in [-0.25, -0.2) is 4.39 Å². The van der Waals surface area contributed by atoms with Gasteiger partial charge in [-0.05, 0) is 0 Å². The summed E-state index contributed by atoms with van der Waals surface area (Å²) in [5.41, 5.74) is 0. The molecule has 0 heterocycles. The molecule has 0 saturated carbocycles. The second-order valence-corrected chi connectivity index (χ2v) is 1.11. The van der Waals surface area contributed by atoms with E-state index in [0.717, 1.165) is 0 Å². The summed E-state index contributed by atoms with van der Waals surface area (Å²) in [6.45, 7) is 8.18. The summed E-state index contributed by atoms with van der Waals surface area (Å²) in [6, 6.07) is 0. The first-order valence-corrected chi connectivity index (χ1v) is 2.40. The summed E-state index contributed by atoms with van der Waals surface area (Å²) in [6.07, 6.45) is 3.42. The van der Waals surface area contributed by atoms with E-state index in [4.69, 9.17) is 9.13 Å². The third kappa shape index (κ3) is 18.7. The van der Waals surface area contributed by atoms with Gasteiger partial charge in [0.1, 0.15) is 0 Å². The molecule has 0 aliphatic heterocycles. The highest BCUT2D eigenvalue weighted by Crippen LogP contribution is 1.72. The molecule has 2 heteroatoms. The van der Waals surface area contributed by atoms with Gasteiger partial charge in [-0.15, -0.1) is 13.2 Å². The molecule has 3 radical (unpaired) electrons.